The molecule has 18 heavy (non-hydrogen) atoms. The molecule has 0 radical (unpaired) electrons. The molecule has 0 fully saturated rings. The summed E-state index contributed by atoms with van der Waals surface area (Å²) in [6.45, 7) is 3.21. The molecule has 1 N–H and O–H groups in total. The minimum atomic E-state index is -1.26. The van der Waals surface area contributed by atoms with Crippen molar-refractivity contribution < 1.29 is 18.8 Å². The molecule has 0 aliphatic rings. The zero-order chi connectivity index (χ0) is 13.4. The van der Waals surface area contributed by atoms with Gasteiger partial charge in [-0.15, -0.1) is 0 Å². The average molecular weight is 270 g/mol. The molecule has 0 amide bonds. The Kier molecular flexibility index (Phi) is 3.09. The number of nitrogens with zero attached hydrogens (tertiary/aromatic N) is 1. The van der Waals surface area contributed by atoms with Crippen LogP contribution in [0.2, 0.25) is 5.02 Å². The van der Waals surface area contributed by atoms with Gasteiger partial charge in [0.1, 0.15) is 11.5 Å². The van der Waals surface area contributed by atoms with E-state index in [0.29, 0.717) is 16.1 Å². The predicted molar refractivity (Wildman–Crippen MR) is 63.3 cm³/mol. The highest BCUT2D eigenvalue weighted by molar-refractivity contribution is 6.31. The normalized spacial score (nSPS) is 10.7. The number of carbonyl (C=O) groups is 1. The number of benzene rings is 1. The first-order valence-corrected chi connectivity index (χ1v) is 5.45. The maximum Gasteiger partial charge on any atom is 0.374 e. The van der Waals surface area contributed by atoms with Gasteiger partial charge in [-0.2, -0.15) is 0 Å². The summed E-state index contributed by atoms with van der Waals surface area (Å²) >= 11 is 5.97. The van der Waals surface area contributed by atoms with Crippen LogP contribution in [0.15, 0.2) is 16.7 Å². The van der Waals surface area contributed by atoms with Gasteiger partial charge in [-0.3, -0.25) is 0 Å². The first-order chi connectivity index (χ1) is 8.41. The SMILES string of the molecule is Cc1cc(Cl)c(C)c(-c2cc(C(=O)O)on2)c1F. The van der Waals surface area contributed by atoms with E-state index in [0.717, 1.165) is 0 Å². The standard InChI is InChI=1S/C12H9ClFNO3/c1-5-3-7(13)6(2)10(11(5)14)8-4-9(12(16)17)18-15-8/h3-4H,1-2H3,(H,16,17). The fourth-order valence-corrected chi connectivity index (χ4v) is 1.90. The van der Waals surface area contributed by atoms with Crippen LogP contribution in [0.4, 0.5) is 4.39 Å². The molecule has 6 heteroatoms. The van der Waals surface area contributed by atoms with Crippen molar-refractivity contribution in [1.82, 2.24) is 5.16 Å². The van der Waals surface area contributed by atoms with E-state index in [9.17, 15) is 9.18 Å². The van der Waals surface area contributed by atoms with Crippen molar-refractivity contribution in [2.75, 3.05) is 0 Å². The number of hydrogen-bond donors (Lipinski definition) is 1. The first-order valence-electron chi connectivity index (χ1n) is 5.07. The van der Waals surface area contributed by atoms with Crippen molar-refractivity contribution in [2.45, 2.75) is 13.8 Å². The molecule has 4 nitrogen and oxygen atoms in total. The number of carboxylic acids is 1. The van der Waals surface area contributed by atoms with E-state index in [1.54, 1.807) is 13.8 Å². The number of carboxylic acid groups (broad SMARTS) is 1. The van der Waals surface area contributed by atoms with Gasteiger partial charge < -0.3 is 9.63 Å². The van der Waals surface area contributed by atoms with Crippen LogP contribution < -0.4 is 0 Å². The summed E-state index contributed by atoms with van der Waals surface area (Å²) in [5.41, 5.74) is 1.13. The van der Waals surface area contributed by atoms with Crippen LogP contribution in [0.25, 0.3) is 11.3 Å². The predicted octanol–water partition coefficient (Wildman–Crippen LogP) is 3.45. The number of halogens is 2. The monoisotopic (exact) mass is 269 g/mol. The van der Waals surface area contributed by atoms with Gasteiger partial charge in [0, 0.05) is 16.7 Å². The molecular weight excluding hydrogens is 261 g/mol. The van der Waals surface area contributed by atoms with Crippen LogP contribution in [-0.4, -0.2) is 16.2 Å². The summed E-state index contributed by atoms with van der Waals surface area (Å²) in [5, 5.41) is 12.7. The van der Waals surface area contributed by atoms with Crippen LogP contribution in [0.5, 0.6) is 0 Å². The quantitative estimate of drug-likeness (QED) is 0.907. The van der Waals surface area contributed by atoms with E-state index in [1.807, 2.05) is 0 Å². The lowest BCUT2D eigenvalue weighted by Gasteiger charge is -2.08. The number of aromatic nitrogens is 1. The Bertz CT molecular complexity index is 610. The average Bonchev–Trinajstić information content (AvgIpc) is 2.76. The Balaban J connectivity index is 2.66. The number of rotatable bonds is 2. The highest BCUT2D eigenvalue weighted by Crippen LogP contribution is 2.32. The van der Waals surface area contributed by atoms with Crippen molar-refractivity contribution in [3.63, 3.8) is 0 Å². The van der Waals surface area contributed by atoms with Crippen molar-refractivity contribution in [3.05, 3.63) is 39.9 Å². The van der Waals surface area contributed by atoms with Crippen molar-refractivity contribution in [1.29, 1.82) is 0 Å². The van der Waals surface area contributed by atoms with Crippen LogP contribution in [0.1, 0.15) is 21.7 Å². The summed E-state index contributed by atoms with van der Waals surface area (Å²) < 4.78 is 18.7. The van der Waals surface area contributed by atoms with Gasteiger partial charge in [-0.25, -0.2) is 9.18 Å². The van der Waals surface area contributed by atoms with Gasteiger partial charge in [0.2, 0.25) is 5.76 Å². The Morgan fingerprint density at radius 3 is 2.67 bits per heavy atom. The topological polar surface area (TPSA) is 63.3 Å². The minimum absolute atomic E-state index is 0.119. The van der Waals surface area contributed by atoms with Gasteiger partial charge in [0.05, 0.1) is 0 Å². The Hall–Kier alpha value is -1.88. The van der Waals surface area contributed by atoms with E-state index in [2.05, 4.69) is 9.68 Å². The zero-order valence-corrected chi connectivity index (χ0v) is 10.4. The third-order valence-electron chi connectivity index (χ3n) is 2.62. The molecule has 0 unspecified atom stereocenters. The second kappa shape index (κ2) is 4.42. The fraction of sp³-hybridized carbons (Fsp3) is 0.167. The highest BCUT2D eigenvalue weighted by atomic mass is 35.5. The summed E-state index contributed by atoms with van der Waals surface area (Å²) in [6, 6.07) is 2.68. The third-order valence-corrected chi connectivity index (χ3v) is 3.01. The van der Waals surface area contributed by atoms with Crippen LogP contribution >= 0.6 is 11.6 Å². The lowest BCUT2D eigenvalue weighted by molar-refractivity contribution is 0.0652. The molecule has 0 bridgehead atoms. The molecule has 2 aromatic rings. The van der Waals surface area contributed by atoms with Crippen LogP contribution in [0, 0.1) is 19.7 Å². The van der Waals surface area contributed by atoms with Crippen LogP contribution in [-0.2, 0) is 0 Å². The maximum atomic E-state index is 14.1. The Labute approximate surface area is 107 Å². The van der Waals surface area contributed by atoms with Crippen molar-refractivity contribution in [3.8, 4) is 11.3 Å². The summed E-state index contributed by atoms with van der Waals surface area (Å²) in [4.78, 5) is 10.7. The molecule has 1 aromatic carbocycles. The van der Waals surface area contributed by atoms with E-state index >= 15 is 0 Å². The molecule has 0 aliphatic heterocycles. The molecule has 0 saturated heterocycles. The van der Waals surface area contributed by atoms with Crippen LogP contribution in [0.3, 0.4) is 0 Å². The van der Waals surface area contributed by atoms with Gasteiger partial charge in [-0.05, 0) is 31.0 Å². The minimum Gasteiger partial charge on any atom is -0.475 e. The molecule has 1 heterocycles. The van der Waals surface area contributed by atoms with E-state index < -0.39 is 11.8 Å². The zero-order valence-electron chi connectivity index (χ0n) is 9.62. The largest absolute Gasteiger partial charge is 0.475 e. The maximum absolute atomic E-state index is 14.1. The first kappa shape index (κ1) is 12.6. The Morgan fingerprint density at radius 2 is 2.11 bits per heavy atom. The molecule has 0 atom stereocenters. The molecule has 0 saturated carbocycles. The smallest absolute Gasteiger partial charge is 0.374 e. The fourth-order valence-electron chi connectivity index (χ4n) is 1.64. The van der Waals surface area contributed by atoms with Crippen molar-refractivity contribution >= 4 is 17.6 Å². The third kappa shape index (κ3) is 1.97. The highest BCUT2D eigenvalue weighted by Gasteiger charge is 2.19. The summed E-state index contributed by atoms with van der Waals surface area (Å²) in [5.74, 6) is -2.09. The second-order valence-electron chi connectivity index (χ2n) is 3.87. The number of aromatic carboxylic acids is 1. The van der Waals surface area contributed by atoms with E-state index in [1.165, 1.54) is 12.1 Å². The summed E-state index contributed by atoms with van der Waals surface area (Å²) in [7, 11) is 0. The van der Waals surface area contributed by atoms with Gasteiger partial charge in [0.15, 0.2) is 0 Å². The molecule has 0 spiro atoms. The number of aryl methyl sites for hydroxylation is 1. The molecule has 94 valence electrons. The molecule has 1 aromatic heterocycles. The van der Waals surface area contributed by atoms with Gasteiger partial charge in [-0.1, -0.05) is 16.8 Å². The van der Waals surface area contributed by atoms with E-state index in [-0.39, 0.29) is 17.0 Å². The lowest BCUT2D eigenvalue weighted by Crippen LogP contribution is -1.94. The Morgan fingerprint density at radius 1 is 1.44 bits per heavy atom. The summed E-state index contributed by atoms with van der Waals surface area (Å²) in [6.07, 6.45) is 0. The van der Waals surface area contributed by atoms with Gasteiger partial charge >= 0.3 is 5.97 Å². The molecular formula is C12H9ClFNO3. The molecule has 2 rings (SSSR count). The molecule has 0 aliphatic carbocycles. The lowest BCUT2D eigenvalue weighted by atomic mass is 10.0. The number of hydrogen-bond acceptors (Lipinski definition) is 3. The van der Waals surface area contributed by atoms with Crippen molar-refractivity contribution in [2.24, 2.45) is 0 Å². The van der Waals surface area contributed by atoms with E-state index in [4.69, 9.17) is 16.7 Å². The second-order valence-corrected chi connectivity index (χ2v) is 4.28. The van der Waals surface area contributed by atoms with Gasteiger partial charge in [0.25, 0.3) is 0 Å².